The average molecular weight is 323 g/mol. The minimum absolute atomic E-state index is 0.144. The zero-order valence-corrected chi connectivity index (χ0v) is 13.1. The summed E-state index contributed by atoms with van der Waals surface area (Å²) in [5.41, 5.74) is 1.40. The van der Waals surface area contributed by atoms with E-state index in [2.05, 4.69) is 0 Å². The van der Waals surface area contributed by atoms with Crippen molar-refractivity contribution < 1.29 is 15.0 Å². The molecule has 0 atom stereocenters. The maximum Gasteiger partial charge on any atom is 0.228 e. The third-order valence-electron chi connectivity index (χ3n) is 3.95. The summed E-state index contributed by atoms with van der Waals surface area (Å²) in [5, 5.41) is 22.0. The topological polar surface area (TPSA) is 60.8 Å². The minimum atomic E-state index is -0.190. The van der Waals surface area contributed by atoms with E-state index in [0.717, 1.165) is 16.0 Å². The highest BCUT2D eigenvalue weighted by Gasteiger charge is 2.31. The fourth-order valence-corrected chi connectivity index (χ4v) is 4.09. The molecule has 1 heterocycles. The zero-order chi connectivity index (χ0) is 16.1. The molecule has 23 heavy (non-hydrogen) atoms. The number of hydrogen-bond acceptors (Lipinski definition) is 4. The smallest absolute Gasteiger partial charge is 0.228 e. The Morgan fingerprint density at radius 2 is 1.61 bits per heavy atom. The molecule has 4 nitrogen and oxygen atoms in total. The summed E-state index contributed by atoms with van der Waals surface area (Å²) in [6.45, 7) is 1.50. The van der Waals surface area contributed by atoms with Crippen LogP contribution >= 0.6 is 11.8 Å². The molecule has 1 aliphatic rings. The van der Waals surface area contributed by atoms with E-state index in [0.29, 0.717) is 16.0 Å². The minimum Gasteiger partial charge on any atom is -0.504 e. The van der Waals surface area contributed by atoms with Crippen molar-refractivity contribution >= 4 is 39.8 Å². The molecule has 0 saturated carbocycles. The van der Waals surface area contributed by atoms with Gasteiger partial charge in [0, 0.05) is 22.6 Å². The standard InChI is InChI=1S/C18H13NO3S/c1-10(20)19-13-8-4-5-9-14(13)23-18-15(19)11-6-2-3-7-12(11)16(21)17(18)22/h2-9,21-22H,1H3. The van der Waals surface area contributed by atoms with Crippen molar-refractivity contribution in [2.45, 2.75) is 16.7 Å². The fourth-order valence-electron chi connectivity index (χ4n) is 2.97. The van der Waals surface area contributed by atoms with Crippen LogP contribution in [0.4, 0.5) is 11.4 Å². The number of anilines is 2. The van der Waals surface area contributed by atoms with Gasteiger partial charge in [-0.2, -0.15) is 0 Å². The number of aromatic hydroxyl groups is 2. The van der Waals surface area contributed by atoms with Crippen LogP contribution < -0.4 is 4.90 Å². The van der Waals surface area contributed by atoms with Crippen LogP contribution in [-0.2, 0) is 4.79 Å². The number of fused-ring (bicyclic) bond motifs is 4. The number of nitrogens with zero attached hydrogens (tertiary/aromatic N) is 1. The Morgan fingerprint density at radius 3 is 2.35 bits per heavy atom. The van der Waals surface area contributed by atoms with Gasteiger partial charge in [0.15, 0.2) is 11.5 Å². The summed E-state index contributed by atoms with van der Waals surface area (Å²) in [5.74, 6) is -0.492. The average Bonchev–Trinajstić information content (AvgIpc) is 2.57. The normalized spacial score (nSPS) is 12.8. The lowest BCUT2D eigenvalue weighted by Crippen LogP contribution is -2.26. The van der Waals surface area contributed by atoms with E-state index in [4.69, 9.17) is 0 Å². The van der Waals surface area contributed by atoms with E-state index in [9.17, 15) is 15.0 Å². The first-order chi connectivity index (χ1) is 11.1. The lowest BCUT2D eigenvalue weighted by atomic mass is 10.0. The monoisotopic (exact) mass is 323 g/mol. The number of carbonyl (C=O) groups is 1. The van der Waals surface area contributed by atoms with E-state index in [1.807, 2.05) is 36.4 Å². The van der Waals surface area contributed by atoms with Crippen LogP contribution in [0.15, 0.2) is 58.3 Å². The van der Waals surface area contributed by atoms with Gasteiger partial charge in [0.2, 0.25) is 5.91 Å². The van der Waals surface area contributed by atoms with Gasteiger partial charge >= 0.3 is 0 Å². The first kappa shape index (κ1) is 14.0. The Labute approximate surface area is 137 Å². The highest BCUT2D eigenvalue weighted by atomic mass is 32.2. The molecule has 0 saturated heterocycles. The SMILES string of the molecule is CC(=O)N1c2ccccc2Sc2c(O)c(O)c3ccccc3c21. The Kier molecular flexibility index (Phi) is 2.99. The number of benzene rings is 3. The molecule has 0 aromatic heterocycles. The van der Waals surface area contributed by atoms with Crippen molar-refractivity contribution in [3.8, 4) is 11.5 Å². The van der Waals surface area contributed by atoms with Crippen LogP contribution in [0.2, 0.25) is 0 Å². The fraction of sp³-hybridized carbons (Fsp3) is 0.0556. The molecule has 0 unspecified atom stereocenters. The lowest BCUT2D eigenvalue weighted by Gasteiger charge is -2.32. The predicted octanol–water partition coefficient (Wildman–Crippen LogP) is 4.40. The van der Waals surface area contributed by atoms with Crippen LogP contribution in [0.25, 0.3) is 10.8 Å². The van der Waals surface area contributed by atoms with Gasteiger partial charge in [-0.15, -0.1) is 0 Å². The number of amides is 1. The molecule has 0 radical (unpaired) electrons. The molecule has 1 amide bonds. The van der Waals surface area contributed by atoms with E-state index < -0.39 is 0 Å². The summed E-state index contributed by atoms with van der Waals surface area (Å²) in [6, 6.07) is 14.7. The zero-order valence-electron chi connectivity index (χ0n) is 12.3. The summed E-state index contributed by atoms with van der Waals surface area (Å²) >= 11 is 1.36. The van der Waals surface area contributed by atoms with Gasteiger partial charge in [0.1, 0.15) is 0 Å². The second kappa shape index (κ2) is 4.93. The van der Waals surface area contributed by atoms with Crippen LogP contribution in [0.1, 0.15) is 6.92 Å². The van der Waals surface area contributed by atoms with Gasteiger partial charge in [0.05, 0.1) is 16.3 Å². The molecule has 0 bridgehead atoms. The molecule has 1 aliphatic heterocycles. The van der Waals surface area contributed by atoms with Gasteiger partial charge < -0.3 is 10.2 Å². The summed E-state index contributed by atoms with van der Waals surface area (Å²) < 4.78 is 0. The Balaban J connectivity index is 2.16. The van der Waals surface area contributed by atoms with Gasteiger partial charge in [0.25, 0.3) is 0 Å². The third-order valence-corrected chi connectivity index (χ3v) is 5.10. The van der Waals surface area contributed by atoms with E-state index in [1.54, 1.807) is 17.0 Å². The predicted molar refractivity (Wildman–Crippen MR) is 90.7 cm³/mol. The van der Waals surface area contributed by atoms with Crippen molar-refractivity contribution in [3.63, 3.8) is 0 Å². The van der Waals surface area contributed by atoms with Gasteiger partial charge in [-0.25, -0.2) is 0 Å². The van der Waals surface area contributed by atoms with Crippen molar-refractivity contribution in [1.82, 2.24) is 0 Å². The maximum atomic E-state index is 12.3. The largest absolute Gasteiger partial charge is 0.504 e. The van der Waals surface area contributed by atoms with E-state index in [-0.39, 0.29) is 17.4 Å². The number of carbonyl (C=O) groups excluding carboxylic acids is 1. The lowest BCUT2D eigenvalue weighted by molar-refractivity contribution is -0.115. The molecule has 0 fully saturated rings. The van der Waals surface area contributed by atoms with Gasteiger partial charge in [-0.05, 0) is 12.1 Å². The molecule has 114 valence electrons. The van der Waals surface area contributed by atoms with Gasteiger partial charge in [-0.3, -0.25) is 9.69 Å². The number of hydrogen-bond donors (Lipinski definition) is 2. The van der Waals surface area contributed by atoms with Crippen LogP contribution in [0, 0.1) is 0 Å². The van der Waals surface area contributed by atoms with E-state index >= 15 is 0 Å². The Morgan fingerprint density at radius 1 is 0.957 bits per heavy atom. The van der Waals surface area contributed by atoms with Crippen molar-refractivity contribution in [1.29, 1.82) is 0 Å². The molecule has 5 heteroatoms. The molecule has 0 spiro atoms. The molecular formula is C18H13NO3S. The quantitative estimate of drug-likeness (QED) is 0.602. The molecule has 3 aromatic carbocycles. The maximum absolute atomic E-state index is 12.3. The second-order valence-corrected chi connectivity index (χ2v) is 6.40. The van der Waals surface area contributed by atoms with Crippen LogP contribution in [0.3, 0.4) is 0 Å². The number of rotatable bonds is 0. The van der Waals surface area contributed by atoms with Crippen molar-refractivity contribution in [3.05, 3.63) is 48.5 Å². The Hall–Kier alpha value is -2.66. The number of phenolic OH excluding ortho intramolecular Hbond substituents is 2. The molecule has 4 rings (SSSR count). The first-order valence-corrected chi connectivity index (χ1v) is 7.95. The van der Waals surface area contributed by atoms with Crippen LogP contribution in [-0.4, -0.2) is 16.1 Å². The summed E-state index contributed by atoms with van der Waals surface area (Å²) in [6.07, 6.45) is 0. The van der Waals surface area contributed by atoms with Crippen LogP contribution in [0.5, 0.6) is 11.5 Å². The Bertz CT molecular complexity index is 968. The summed E-state index contributed by atoms with van der Waals surface area (Å²) in [7, 11) is 0. The first-order valence-electron chi connectivity index (χ1n) is 7.14. The number of para-hydroxylation sites is 1. The molecular weight excluding hydrogens is 310 g/mol. The van der Waals surface area contributed by atoms with E-state index in [1.165, 1.54) is 18.7 Å². The molecule has 3 aromatic rings. The van der Waals surface area contributed by atoms with Gasteiger partial charge in [-0.1, -0.05) is 48.2 Å². The van der Waals surface area contributed by atoms with Crippen molar-refractivity contribution in [2.75, 3.05) is 4.90 Å². The highest BCUT2D eigenvalue weighted by Crippen LogP contribution is 2.57. The summed E-state index contributed by atoms with van der Waals surface area (Å²) in [4.78, 5) is 15.3. The highest BCUT2D eigenvalue weighted by molar-refractivity contribution is 8.00. The molecule has 2 N–H and O–H groups in total. The third kappa shape index (κ3) is 1.90. The molecule has 0 aliphatic carbocycles. The second-order valence-electron chi connectivity index (χ2n) is 5.34. The number of phenols is 2. The van der Waals surface area contributed by atoms with Crippen molar-refractivity contribution in [2.24, 2.45) is 0 Å².